The average Bonchev–Trinajstić information content (AvgIpc) is 3.10. The van der Waals surface area contributed by atoms with Gasteiger partial charge in [0.1, 0.15) is 0 Å². The third kappa shape index (κ3) is 4.29. The highest BCUT2D eigenvalue weighted by molar-refractivity contribution is 5.93. The second-order valence-corrected chi connectivity index (χ2v) is 8.05. The lowest BCUT2D eigenvalue weighted by molar-refractivity contribution is -0.141. The molecule has 4 heterocycles. The first kappa shape index (κ1) is 20.1. The van der Waals surface area contributed by atoms with Crippen molar-refractivity contribution >= 4 is 24.2 Å². The van der Waals surface area contributed by atoms with Crippen LogP contribution in [0, 0.1) is 11.8 Å². The van der Waals surface area contributed by atoms with Gasteiger partial charge in [-0.25, -0.2) is 0 Å². The first-order valence-electron chi connectivity index (χ1n) is 9.90. The van der Waals surface area contributed by atoms with Crippen LogP contribution in [0.5, 0.6) is 0 Å². The molecule has 0 aliphatic carbocycles. The fourth-order valence-electron chi connectivity index (χ4n) is 4.83. The zero-order valence-corrected chi connectivity index (χ0v) is 16.8. The minimum Gasteiger partial charge on any atom is -0.339 e. The van der Waals surface area contributed by atoms with Crippen LogP contribution in [0.25, 0.3) is 0 Å². The van der Waals surface area contributed by atoms with Crippen molar-refractivity contribution in [1.29, 1.82) is 0 Å². The Morgan fingerprint density at radius 3 is 2.74 bits per heavy atom. The highest BCUT2D eigenvalue weighted by Crippen LogP contribution is 2.33. The number of hydrogen-bond donors (Lipinski definition) is 1. The fourth-order valence-corrected chi connectivity index (χ4v) is 4.83. The number of piperidine rings is 3. The number of nitrogens with zero attached hydrogens (tertiary/aromatic N) is 4. The van der Waals surface area contributed by atoms with Gasteiger partial charge in [-0.3, -0.25) is 14.3 Å². The number of nitrogens with one attached hydrogen (secondary N) is 1. The summed E-state index contributed by atoms with van der Waals surface area (Å²) in [6, 6.07) is 0.309. The molecule has 3 aliphatic heterocycles. The van der Waals surface area contributed by atoms with Gasteiger partial charge in [0.25, 0.3) is 5.91 Å². The number of hydrogen-bond acceptors (Lipinski definition) is 4. The summed E-state index contributed by atoms with van der Waals surface area (Å²) in [7, 11) is 1.83. The van der Waals surface area contributed by atoms with E-state index in [2.05, 4.69) is 15.3 Å². The second-order valence-electron chi connectivity index (χ2n) is 8.05. The highest BCUT2D eigenvalue weighted by Gasteiger charge is 2.41. The van der Waals surface area contributed by atoms with Gasteiger partial charge in [-0.15, -0.1) is 12.4 Å². The smallest absolute Gasteiger partial charge is 0.257 e. The molecule has 0 spiro atoms. The normalized spacial score (nSPS) is 26.5. The molecule has 7 nitrogen and oxygen atoms in total. The molecule has 3 aliphatic rings. The van der Waals surface area contributed by atoms with Gasteiger partial charge in [-0.05, 0) is 50.6 Å². The molecular formula is C19H30ClN5O2. The number of aromatic nitrogens is 2. The van der Waals surface area contributed by atoms with E-state index in [1.807, 2.05) is 11.9 Å². The van der Waals surface area contributed by atoms with Crippen LogP contribution >= 0.6 is 12.4 Å². The molecule has 1 aromatic rings. The zero-order valence-electron chi connectivity index (χ0n) is 16.0. The molecule has 2 amide bonds. The molecule has 1 aromatic heterocycles. The van der Waals surface area contributed by atoms with Gasteiger partial charge in [-0.1, -0.05) is 0 Å². The standard InChI is InChI=1S/C19H29N5O2.ClH/c1-22-12-16(10-21-22)19(26)23-9-6-17-15(13-23)2-3-18(25)24(17)11-14-4-7-20-8-5-14;/h10,12,14-15,17,20H,2-9,11,13H2,1H3;1H/t15-,17+;/m0./s1. The Bertz CT molecular complexity index is 673. The van der Waals surface area contributed by atoms with Crippen LogP contribution in [0.4, 0.5) is 0 Å². The predicted molar refractivity (Wildman–Crippen MR) is 105 cm³/mol. The first-order valence-corrected chi connectivity index (χ1v) is 9.90. The van der Waals surface area contributed by atoms with E-state index >= 15 is 0 Å². The molecular weight excluding hydrogens is 366 g/mol. The Hall–Kier alpha value is -1.60. The second kappa shape index (κ2) is 8.61. The quantitative estimate of drug-likeness (QED) is 0.837. The van der Waals surface area contributed by atoms with Gasteiger partial charge in [0, 0.05) is 45.3 Å². The van der Waals surface area contributed by atoms with E-state index in [0.717, 1.165) is 58.4 Å². The summed E-state index contributed by atoms with van der Waals surface area (Å²) >= 11 is 0. The van der Waals surface area contributed by atoms with Crippen molar-refractivity contribution in [3.63, 3.8) is 0 Å². The maximum absolute atomic E-state index is 12.7. The van der Waals surface area contributed by atoms with Crippen molar-refractivity contribution in [2.45, 2.75) is 38.1 Å². The van der Waals surface area contributed by atoms with E-state index in [1.54, 1.807) is 17.1 Å². The minimum atomic E-state index is 0. The van der Waals surface area contributed by atoms with Crippen LogP contribution in [-0.4, -0.2) is 70.2 Å². The Labute approximate surface area is 166 Å². The lowest BCUT2D eigenvalue weighted by Gasteiger charge is -2.48. The summed E-state index contributed by atoms with van der Waals surface area (Å²) in [5, 5.41) is 7.51. The lowest BCUT2D eigenvalue weighted by atomic mass is 9.82. The van der Waals surface area contributed by atoms with Crippen LogP contribution in [0.2, 0.25) is 0 Å². The van der Waals surface area contributed by atoms with E-state index in [4.69, 9.17) is 0 Å². The SMILES string of the molecule is Cl.Cn1cc(C(=O)N2CC[C@@H]3[C@@H](CCC(=O)N3CC3CCNCC3)C2)cn1. The van der Waals surface area contributed by atoms with Gasteiger partial charge in [0.15, 0.2) is 0 Å². The first-order chi connectivity index (χ1) is 12.6. The average molecular weight is 396 g/mol. The summed E-state index contributed by atoms with van der Waals surface area (Å²) < 4.78 is 1.67. The summed E-state index contributed by atoms with van der Waals surface area (Å²) in [6.07, 6.45) is 8.17. The monoisotopic (exact) mass is 395 g/mol. The number of amides is 2. The molecule has 0 bridgehead atoms. The molecule has 8 heteroatoms. The highest BCUT2D eigenvalue weighted by atomic mass is 35.5. The summed E-state index contributed by atoms with van der Waals surface area (Å²) in [4.78, 5) is 29.4. The Balaban J connectivity index is 0.00000210. The van der Waals surface area contributed by atoms with Gasteiger partial charge in [0.05, 0.1) is 11.8 Å². The van der Waals surface area contributed by atoms with Gasteiger partial charge < -0.3 is 15.1 Å². The molecule has 2 atom stereocenters. The molecule has 0 saturated carbocycles. The van der Waals surface area contributed by atoms with E-state index in [0.29, 0.717) is 35.8 Å². The third-order valence-electron chi connectivity index (χ3n) is 6.30. The summed E-state index contributed by atoms with van der Waals surface area (Å²) in [6.45, 7) is 4.51. The molecule has 1 N–H and O–H groups in total. The predicted octanol–water partition coefficient (Wildman–Crippen LogP) is 1.29. The van der Waals surface area contributed by atoms with Crippen LogP contribution < -0.4 is 5.32 Å². The van der Waals surface area contributed by atoms with E-state index in [1.165, 1.54) is 0 Å². The van der Waals surface area contributed by atoms with Crippen molar-refractivity contribution in [2.24, 2.45) is 18.9 Å². The zero-order chi connectivity index (χ0) is 18.1. The molecule has 3 fully saturated rings. The number of halogens is 1. The van der Waals surface area contributed by atoms with Crippen molar-refractivity contribution in [2.75, 3.05) is 32.7 Å². The Kier molecular flexibility index (Phi) is 6.42. The number of carbonyl (C=O) groups is 2. The topological polar surface area (TPSA) is 70.5 Å². The molecule has 0 radical (unpaired) electrons. The van der Waals surface area contributed by atoms with Crippen molar-refractivity contribution < 1.29 is 9.59 Å². The maximum Gasteiger partial charge on any atom is 0.257 e. The lowest BCUT2D eigenvalue weighted by Crippen LogP contribution is -2.58. The largest absolute Gasteiger partial charge is 0.339 e. The van der Waals surface area contributed by atoms with E-state index in [9.17, 15) is 9.59 Å². The fraction of sp³-hybridized carbons (Fsp3) is 0.737. The van der Waals surface area contributed by atoms with Gasteiger partial charge in [-0.2, -0.15) is 5.10 Å². The van der Waals surface area contributed by atoms with Gasteiger partial charge >= 0.3 is 0 Å². The Morgan fingerprint density at radius 1 is 1.26 bits per heavy atom. The maximum atomic E-state index is 12.7. The van der Waals surface area contributed by atoms with E-state index in [-0.39, 0.29) is 18.3 Å². The molecule has 0 aromatic carbocycles. The summed E-state index contributed by atoms with van der Waals surface area (Å²) in [5.74, 6) is 1.41. The number of fused-ring (bicyclic) bond motifs is 1. The number of rotatable bonds is 3. The molecule has 150 valence electrons. The van der Waals surface area contributed by atoms with Gasteiger partial charge in [0.2, 0.25) is 5.91 Å². The third-order valence-corrected chi connectivity index (χ3v) is 6.30. The molecule has 3 saturated heterocycles. The molecule has 4 rings (SSSR count). The number of carbonyl (C=O) groups excluding carboxylic acids is 2. The number of likely N-dealkylation sites (tertiary alicyclic amines) is 2. The van der Waals surface area contributed by atoms with Crippen LogP contribution in [0.1, 0.15) is 42.5 Å². The number of aryl methyl sites for hydroxylation is 1. The van der Waals surface area contributed by atoms with Crippen molar-refractivity contribution in [3.05, 3.63) is 18.0 Å². The van der Waals surface area contributed by atoms with Crippen LogP contribution in [0.15, 0.2) is 12.4 Å². The minimum absolute atomic E-state index is 0. The Morgan fingerprint density at radius 2 is 2.04 bits per heavy atom. The molecule has 27 heavy (non-hydrogen) atoms. The van der Waals surface area contributed by atoms with Crippen LogP contribution in [-0.2, 0) is 11.8 Å². The van der Waals surface area contributed by atoms with Crippen LogP contribution in [0.3, 0.4) is 0 Å². The van der Waals surface area contributed by atoms with Crippen molar-refractivity contribution in [1.82, 2.24) is 24.9 Å². The van der Waals surface area contributed by atoms with E-state index < -0.39 is 0 Å². The van der Waals surface area contributed by atoms with Crippen molar-refractivity contribution in [3.8, 4) is 0 Å². The summed E-state index contributed by atoms with van der Waals surface area (Å²) in [5.41, 5.74) is 0.657. The molecule has 0 unspecified atom stereocenters.